The van der Waals surface area contributed by atoms with E-state index in [2.05, 4.69) is 20.6 Å². The van der Waals surface area contributed by atoms with Crippen molar-refractivity contribution >= 4 is 17.5 Å². The molecule has 0 aliphatic carbocycles. The number of hydrogen-bond donors (Lipinski definition) is 2. The highest BCUT2D eigenvalue weighted by molar-refractivity contribution is 5.68. The number of methoxy groups -OCH3 is 3. The molecule has 0 amide bonds. The van der Waals surface area contributed by atoms with Crippen molar-refractivity contribution in [1.29, 1.82) is 0 Å². The van der Waals surface area contributed by atoms with E-state index in [1.807, 2.05) is 54.6 Å². The van der Waals surface area contributed by atoms with Crippen LogP contribution in [0.5, 0.6) is 11.5 Å². The fourth-order valence-corrected chi connectivity index (χ4v) is 2.67. The number of hydrogen-bond acceptors (Lipinski definition) is 7. The zero-order valence-electron chi connectivity index (χ0n) is 16.2. The molecule has 1 heterocycles. The molecule has 0 saturated heterocycles. The fraction of sp³-hybridized carbons (Fsp3) is 0.238. The lowest BCUT2D eigenvalue weighted by atomic mass is 10.1. The smallest absolute Gasteiger partial charge is 0.225 e. The average Bonchev–Trinajstić information content (AvgIpc) is 2.74. The first-order valence-corrected chi connectivity index (χ1v) is 8.90. The van der Waals surface area contributed by atoms with Gasteiger partial charge in [0, 0.05) is 37.0 Å². The number of rotatable bonds is 9. The summed E-state index contributed by atoms with van der Waals surface area (Å²) in [6, 6.07) is 17.5. The number of anilines is 3. The minimum absolute atomic E-state index is 0.529. The van der Waals surface area contributed by atoms with Gasteiger partial charge in [-0.1, -0.05) is 30.3 Å². The van der Waals surface area contributed by atoms with Crippen molar-refractivity contribution in [3.8, 4) is 22.8 Å². The summed E-state index contributed by atoms with van der Waals surface area (Å²) in [5, 5.41) is 6.50. The van der Waals surface area contributed by atoms with Gasteiger partial charge in [-0.25, -0.2) is 4.98 Å². The van der Waals surface area contributed by atoms with Crippen molar-refractivity contribution in [3.05, 3.63) is 54.6 Å². The van der Waals surface area contributed by atoms with Crippen molar-refractivity contribution < 1.29 is 14.2 Å². The van der Waals surface area contributed by atoms with Crippen LogP contribution in [-0.4, -0.2) is 44.4 Å². The van der Waals surface area contributed by atoms with Crippen molar-refractivity contribution in [2.45, 2.75) is 0 Å². The van der Waals surface area contributed by atoms with E-state index >= 15 is 0 Å². The Morgan fingerprint density at radius 3 is 2.36 bits per heavy atom. The van der Waals surface area contributed by atoms with Gasteiger partial charge in [-0.3, -0.25) is 0 Å². The maximum atomic E-state index is 5.37. The molecule has 7 nitrogen and oxygen atoms in total. The zero-order valence-corrected chi connectivity index (χ0v) is 16.2. The lowest BCUT2D eigenvalue weighted by molar-refractivity contribution is 0.210. The van der Waals surface area contributed by atoms with Crippen LogP contribution < -0.4 is 20.1 Å². The quantitative estimate of drug-likeness (QED) is 0.544. The highest BCUT2D eigenvalue weighted by Gasteiger charge is 2.09. The Labute approximate surface area is 164 Å². The molecule has 0 fully saturated rings. The number of aromatic nitrogens is 2. The molecule has 2 N–H and O–H groups in total. The lowest BCUT2D eigenvalue weighted by Gasteiger charge is -2.13. The topological polar surface area (TPSA) is 77.5 Å². The molecule has 3 rings (SSSR count). The van der Waals surface area contributed by atoms with Crippen LogP contribution in [0.25, 0.3) is 11.3 Å². The molecule has 0 bridgehead atoms. The van der Waals surface area contributed by atoms with Crippen molar-refractivity contribution in [2.24, 2.45) is 0 Å². The Morgan fingerprint density at radius 1 is 0.857 bits per heavy atom. The minimum atomic E-state index is 0.529. The van der Waals surface area contributed by atoms with Crippen molar-refractivity contribution in [3.63, 3.8) is 0 Å². The van der Waals surface area contributed by atoms with Crippen LogP contribution >= 0.6 is 0 Å². The van der Waals surface area contributed by atoms with Crippen LogP contribution in [0, 0.1) is 0 Å². The normalized spacial score (nSPS) is 10.4. The van der Waals surface area contributed by atoms with Gasteiger partial charge in [0.05, 0.1) is 26.5 Å². The van der Waals surface area contributed by atoms with E-state index in [0.717, 1.165) is 16.9 Å². The molecule has 0 saturated carbocycles. The zero-order chi connectivity index (χ0) is 19.8. The van der Waals surface area contributed by atoms with Crippen LogP contribution in [0.4, 0.5) is 17.5 Å². The molecule has 0 spiro atoms. The highest BCUT2D eigenvalue weighted by Crippen LogP contribution is 2.31. The summed E-state index contributed by atoms with van der Waals surface area (Å²) in [6.45, 7) is 1.18. The molecule has 146 valence electrons. The molecular formula is C21H24N4O3. The molecule has 0 aliphatic heterocycles. The number of nitrogens with one attached hydrogen (secondary N) is 2. The molecule has 0 unspecified atom stereocenters. The first-order chi connectivity index (χ1) is 13.7. The van der Waals surface area contributed by atoms with Crippen LogP contribution in [-0.2, 0) is 4.74 Å². The van der Waals surface area contributed by atoms with Crippen LogP contribution in [0.3, 0.4) is 0 Å². The summed E-state index contributed by atoms with van der Waals surface area (Å²) >= 11 is 0. The van der Waals surface area contributed by atoms with Crippen LogP contribution in [0.1, 0.15) is 0 Å². The predicted molar refractivity (Wildman–Crippen MR) is 111 cm³/mol. The van der Waals surface area contributed by atoms with Gasteiger partial charge in [-0.15, -0.1) is 0 Å². The van der Waals surface area contributed by atoms with E-state index in [1.54, 1.807) is 21.3 Å². The van der Waals surface area contributed by atoms with Gasteiger partial charge in [0.25, 0.3) is 0 Å². The van der Waals surface area contributed by atoms with Crippen molar-refractivity contribution in [1.82, 2.24) is 9.97 Å². The van der Waals surface area contributed by atoms with Crippen molar-refractivity contribution in [2.75, 3.05) is 45.1 Å². The molecule has 0 aliphatic rings. The van der Waals surface area contributed by atoms with E-state index in [4.69, 9.17) is 14.2 Å². The SMILES string of the molecule is COCCNc1nc(Nc2ccc(OC)c(OC)c2)cc(-c2ccccc2)n1. The van der Waals surface area contributed by atoms with E-state index in [0.29, 0.717) is 36.4 Å². The lowest BCUT2D eigenvalue weighted by Crippen LogP contribution is -2.11. The third-order valence-electron chi connectivity index (χ3n) is 4.04. The monoisotopic (exact) mass is 380 g/mol. The third kappa shape index (κ3) is 4.89. The van der Waals surface area contributed by atoms with Gasteiger partial charge >= 0.3 is 0 Å². The van der Waals surface area contributed by atoms with E-state index in [1.165, 1.54) is 0 Å². The van der Waals surface area contributed by atoms with Crippen LogP contribution in [0.2, 0.25) is 0 Å². The summed E-state index contributed by atoms with van der Waals surface area (Å²) in [5.41, 5.74) is 2.66. The molecule has 28 heavy (non-hydrogen) atoms. The molecule has 7 heteroatoms. The fourth-order valence-electron chi connectivity index (χ4n) is 2.67. The molecular weight excluding hydrogens is 356 g/mol. The first kappa shape index (κ1) is 19.4. The summed E-state index contributed by atoms with van der Waals surface area (Å²) in [7, 11) is 4.88. The predicted octanol–water partition coefficient (Wildman–Crippen LogP) is 3.96. The number of benzene rings is 2. The number of ether oxygens (including phenoxy) is 3. The van der Waals surface area contributed by atoms with Gasteiger partial charge in [-0.05, 0) is 12.1 Å². The largest absolute Gasteiger partial charge is 0.493 e. The summed E-state index contributed by atoms with van der Waals surface area (Å²) in [5.74, 6) is 2.51. The summed E-state index contributed by atoms with van der Waals surface area (Å²) in [6.07, 6.45) is 0. The highest BCUT2D eigenvalue weighted by atomic mass is 16.5. The second-order valence-electron chi connectivity index (χ2n) is 5.94. The maximum Gasteiger partial charge on any atom is 0.225 e. The molecule has 3 aromatic rings. The van der Waals surface area contributed by atoms with Gasteiger partial charge in [0.2, 0.25) is 5.95 Å². The Bertz CT molecular complexity index is 903. The first-order valence-electron chi connectivity index (χ1n) is 8.90. The Balaban J connectivity index is 1.91. The average molecular weight is 380 g/mol. The van der Waals surface area contributed by atoms with E-state index in [9.17, 15) is 0 Å². The van der Waals surface area contributed by atoms with E-state index in [-0.39, 0.29) is 0 Å². The van der Waals surface area contributed by atoms with E-state index < -0.39 is 0 Å². The second kappa shape index (κ2) is 9.57. The van der Waals surface area contributed by atoms with Gasteiger partial charge in [0.1, 0.15) is 5.82 Å². The summed E-state index contributed by atoms with van der Waals surface area (Å²) in [4.78, 5) is 9.18. The molecule has 0 atom stereocenters. The second-order valence-corrected chi connectivity index (χ2v) is 5.94. The Hall–Kier alpha value is -3.32. The number of nitrogens with zero attached hydrogens (tertiary/aromatic N) is 2. The Morgan fingerprint density at radius 2 is 1.64 bits per heavy atom. The summed E-state index contributed by atoms with van der Waals surface area (Å²) < 4.78 is 15.8. The maximum absolute atomic E-state index is 5.37. The molecule has 1 aromatic heterocycles. The third-order valence-corrected chi connectivity index (χ3v) is 4.04. The molecule has 2 aromatic carbocycles. The van der Waals surface area contributed by atoms with Gasteiger partial charge < -0.3 is 24.8 Å². The van der Waals surface area contributed by atoms with Crippen LogP contribution in [0.15, 0.2) is 54.6 Å². The van der Waals surface area contributed by atoms with Gasteiger partial charge in [-0.2, -0.15) is 4.98 Å². The minimum Gasteiger partial charge on any atom is -0.493 e. The standard InChI is InChI=1S/C21H24N4O3/c1-26-12-11-22-21-24-17(15-7-5-4-6-8-15)14-20(25-21)23-16-9-10-18(27-2)19(13-16)28-3/h4-10,13-14H,11-12H2,1-3H3,(H2,22,23,24,25). The van der Waals surface area contributed by atoms with Gasteiger partial charge in [0.15, 0.2) is 11.5 Å². The Kier molecular flexibility index (Phi) is 6.64. The molecule has 0 radical (unpaired) electrons.